The van der Waals surface area contributed by atoms with Gasteiger partial charge in [-0.25, -0.2) is 0 Å². The standard InChI is InChI=1S/C16H18F2N4OS3/c17-14(18)25-12-7-5-11(6-8-12)20-15-21-22-16(26-15)24-9-13(23)19-10-3-1-2-4-10/h5-8,10,14H,1-4,9H2,(H,19,23)(H,20,21). The molecule has 1 aromatic heterocycles. The molecule has 10 heteroatoms. The van der Waals surface area contributed by atoms with Gasteiger partial charge >= 0.3 is 0 Å². The van der Waals surface area contributed by atoms with Gasteiger partial charge in [-0.2, -0.15) is 8.78 Å². The lowest BCUT2D eigenvalue weighted by molar-refractivity contribution is -0.119. The summed E-state index contributed by atoms with van der Waals surface area (Å²) < 4.78 is 25.3. The van der Waals surface area contributed by atoms with Crippen LogP contribution in [0.15, 0.2) is 33.5 Å². The largest absolute Gasteiger partial charge is 0.353 e. The number of amides is 1. The SMILES string of the molecule is O=C(CSc1nnc(Nc2ccc(SC(F)F)cc2)s1)NC1CCCC1. The average molecular weight is 417 g/mol. The van der Waals surface area contributed by atoms with Crippen LogP contribution in [0.5, 0.6) is 0 Å². The molecule has 2 aromatic rings. The molecule has 3 rings (SSSR count). The number of nitrogens with zero attached hydrogens (tertiary/aromatic N) is 2. The van der Waals surface area contributed by atoms with Crippen LogP contribution < -0.4 is 10.6 Å². The first kappa shape index (κ1) is 19.4. The van der Waals surface area contributed by atoms with Crippen molar-refractivity contribution in [2.75, 3.05) is 11.1 Å². The number of rotatable bonds is 8. The molecule has 2 N–H and O–H groups in total. The molecule has 1 heterocycles. The Kier molecular flexibility index (Phi) is 7.09. The number of carbonyl (C=O) groups excluding carboxylic acids is 1. The predicted molar refractivity (Wildman–Crippen MR) is 103 cm³/mol. The minimum absolute atomic E-state index is 0.0266. The summed E-state index contributed by atoms with van der Waals surface area (Å²) in [5.74, 6) is -2.08. The van der Waals surface area contributed by atoms with Gasteiger partial charge in [0.1, 0.15) is 0 Å². The molecule has 1 fully saturated rings. The summed E-state index contributed by atoms with van der Waals surface area (Å²) in [7, 11) is 0. The fourth-order valence-electron chi connectivity index (χ4n) is 2.63. The molecule has 1 aliphatic rings. The Morgan fingerprint density at radius 1 is 1.23 bits per heavy atom. The highest BCUT2D eigenvalue weighted by Crippen LogP contribution is 2.30. The van der Waals surface area contributed by atoms with Crippen molar-refractivity contribution in [1.82, 2.24) is 15.5 Å². The third-order valence-electron chi connectivity index (χ3n) is 3.78. The Hall–Kier alpha value is -1.39. The number of benzene rings is 1. The van der Waals surface area contributed by atoms with E-state index in [2.05, 4.69) is 20.8 Å². The Bertz CT molecular complexity index is 721. The molecule has 0 saturated heterocycles. The third-order valence-corrected chi connectivity index (χ3v) is 6.48. The summed E-state index contributed by atoms with van der Waals surface area (Å²) in [5.41, 5.74) is 0.746. The van der Waals surface area contributed by atoms with Crippen LogP contribution in [0.3, 0.4) is 0 Å². The van der Waals surface area contributed by atoms with Crippen LogP contribution in [0.4, 0.5) is 19.6 Å². The highest BCUT2D eigenvalue weighted by Gasteiger charge is 2.17. The smallest absolute Gasteiger partial charge is 0.288 e. The molecule has 1 aliphatic carbocycles. The van der Waals surface area contributed by atoms with Gasteiger partial charge in [0.05, 0.1) is 5.75 Å². The van der Waals surface area contributed by atoms with E-state index >= 15 is 0 Å². The molecule has 0 unspecified atom stereocenters. The molecule has 0 aliphatic heterocycles. The van der Waals surface area contributed by atoms with E-state index in [0.29, 0.717) is 37.9 Å². The number of hydrogen-bond acceptors (Lipinski definition) is 7. The van der Waals surface area contributed by atoms with E-state index in [9.17, 15) is 13.6 Å². The van der Waals surface area contributed by atoms with Crippen molar-refractivity contribution in [3.05, 3.63) is 24.3 Å². The van der Waals surface area contributed by atoms with E-state index in [1.54, 1.807) is 24.3 Å². The topological polar surface area (TPSA) is 66.9 Å². The van der Waals surface area contributed by atoms with Crippen LogP contribution in [0.2, 0.25) is 0 Å². The van der Waals surface area contributed by atoms with Crippen LogP contribution in [0, 0.1) is 0 Å². The maximum absolute atomic E-state index is 12.3. The van der Waals surface area contributed by atoms with Crippen molar-refractivity contribution in [2.45, 2.75) is 46.7 Å². The van der Waals surface area contributed by atoms with Crippen LogP contribution in [0.25, 0.3) is 0 Å². The highest BCUT2D eigenvalue weighted by atomic mass is 32.2. The summed E-state index contributed by atoms with van der Waals surface area (Å²) in [6.45, 7) is 0. The minimum Gasteiger partial charge on any atom is -0.353 e. The van der Waals surface area contributed by atoms with Crippen LogP contribution in [-0.4, -0.2) is 33.7 Å². The van der Waals surface area contributed by atoms with Gasteiger partial charge in [0.25, 0.3) is 5.76 Å². The molecule has 0 atom stereocenters. The van der Waals surface area contributed by atoms with E-state index in [4.69, 9.17) is 0 Å². The van der Waals surface area contributed by atoms with Crippen LogP contribution in [0.1, 0.15) is 25.7 Å². The monoisotopic (exact) mass is 416 g/mol. The van der Waals surface area contributed by atoms with Crippen molar-refractivity contribution >= 4 is 51.6 Å². The van der Waals surface area contributed by atoms with Gasteiger partial charge in [0, 0.05) is 16.6 Å². The summed E-state index contributed by atoms with van der Waals surface area (Å²) >= 11 is 3.22. The zero-order valence-corrected chi connectivity index (χ0v) is 16.2. The fraction of sp³-hybridized carbons (Fsp3) is 0.438. The molecule has 1 amide bonds. The van der Waals surface area contributed by atoms with Crippen LogP contribution in [-0.2, 0) is 4.79 Å². The Balaban J connectivity index is 1.46. The van der Waals surface area contributed by atoms with Gasteiger partial charge in [-0.05, 0) is 37.1 Å². The average Bonchev–Trinajstić information content (AvgIpc) is 3.26. The van der Waals surface area contributed by atoms with Crippen molar-refractivity contribution in [3.63, 3.8) is 0 Å². The van der Waals surface area contributed by atoms with E-state index in [1.807, 2.05) is 0 Å². The van der Waals surface area contributed by atoms with E-state index in [-0.39, 0.29) is 5.91 Å². The second-order valence-corrected chi connectivity index (χ2v) is 9.00. The third kappa shape index (κ3) is 6.10. The van der Waals surface area contributed by atoms with Crippen molar-refractivity contribution in [3.8, 4) is 0 Å². The van der Waals surface area contributed by atoms with Gasteiger partial charge in [-0.15, -0.1) is 10.2 Å². The number of carbonyl (C=O) groups is 1. The fourth-order valence-corrected chi connectivity index (χ4v) is 4.71. The Labute approximate surface area is 162 Å². The van der Waals surface area contributed by atoms with E-state index in [0.717, 1.165) is 18.5 Å². The highest BCUT2D eigenvalue weighted by molar-refractivity contribution is 8.01. The molecule has 26 heavy (non-hydrogen) atoms. The first-order valence-corrected chi connectivity index (χ1v) is 10.8. The molecular formula is C16H18F2N4OS3. The van der Waals surface area contributed by atoms with E-state index in [1.165, 1.54) is 35.9 Å². The van der Waals surface area contributed by atoms with Gasteiger partial charge in [0.2, 0.25) is 11.0 Å². The molecule has 0 bridgehead atoms. The zero-order valence-electron chi connectivity index (χ0n) is 13.8. The lowest BCUT2D eigenvalue weighted by Crippen LogP contribution is -2.33. The Morgan fingerprint density at radius 2 is 1.96 bits per heavy atom. The van der Waals surface area contributed by atoms with Crippen molar-refractivity contribution in [1.29, 1.82) is 0 Å². The summed E-state index contributed by atoms with van der Waals surface area (Å²) in [4.78, 5) is 12.4. The normalized spacial score (nSPS) is 14.7. The second-order valence-electron chi connectivity index (χ2n) is 5.74. The number of halogens is 2. The number of nitrogens with one attached hydrogen (secondary N) is 2. The van der Waals surface area contributed by atoms with Crippen LogP contribution >= 0.6 is 34.9 Å². The van der Waals surface area contributed by atoms with E-state index < -0.39 is 5.76 Å². The molecule has 1 saturated carbocycles. The quantitative estimate of drug-likeness (QED) is 0.606. The van der Waals surface area contributed by atoms with Gasteiger partial charge < -0.3 is 10.6 Å². The molecular weight excluding hydrogens is 398 g/mol. The first-order chi connectivity index (χ1) is 12.6. The number of thioether (sulfide) groups is 2. The number of anilines is 2. The van der Waals surface area contributed by atoms with Crippen molar-refractivity contribution in [2.24, 2.45) is 0 Å². The van der Waals surface area contributed by atoms with Gasteiger partial charge in [-0.1, -0.05) is 47.7 Å². The van der Waals surface area contributed by atoms with Gasteiger partial charge in [-0.3, -0.25) is 4.79 Å². The Morgan fingerprint density at radius 3 is 2.65 bits per heavy atom. The molecule has 0 spiro atoms. The lowest BCUT2D eigenvalue weighted by atomic mass is 10.2. The second kappa shape index (κ2) is 9.52. The summed E-state index contributed by atoms with van der Waals surface area (Å²) in [5, 5.41) is 14.8. The predicted octanol–water partition coefficient (Wildman–Crippen LogP) is 4.75. The zero-order chi connectivity index (χ0) is 18.4. The van der Waals surface area contributed by atoms with Crippen molar-refractivity contribution < 1.29 is 13.6 Å². The molecule has 5 nitrogen and oxygen atoms in total. The maximum atomic E-state index is 12.3. The maximum Gasteiger partial charge on any atom is 0.288 e. The first-order valence-electron chi connectivity index (χ1n) is 8.16. The number of hydrogen-bond donors (Lipinski definition) is 2. The summed E-state index contributed by atoms with van der Waals surface area (Å²) in [6.07, 6.45) is 4.51. The minimum atomic E-state index is -2.43. The van der Waals surface area contributed by atoms with Gasteiger partial charge in [0.15, 0.2) is 4.34 Å². The summed E-state index contributed by atoms with van der Waals surface area (Å²) in [6, 6.07) is 7.01. The molecule has 140 valence electrons. The molecule has 0 radical (unpaired) electrons. The number of alkyl halides is 2. The molecule has 1 aromatic carbocycles. The number of aromatic nitrogens is 2. The lowest BCUT2D eigenvalue weighted by Gasteiger charge is -2.10.